The summed E-state index contributed by atoms with van der Waals surface area (Å²) in [6.07, 6.45) is 9.94. The van der Waals surface area contributed by atoms with Crippen LogP contribution in [-0.4, -0.2) is 86.5 Å². The molecule has 1 aromatic heterocycles. The predicted molar refractivity (Wildman–Crippen MR) is 170 cm³/mol. The van der Waals surface area contributed by atoms with Gasteiger partial charge < -0.3 is 25.0 Å². The summed E-state index contributed by atoms with van der Waals surface area (Å²) in [6.45, 7) is 6.94. The van der Waals surface area contributed by atoms with Gasteiger partial charge in [-0.15, -0.1) is 0 Å². The van der Waals surface area contributed by atoms with E-state index < -0.39 is 0 Å². The lowest BCUT2D eigenvalue weighted by atomic mass is 9.83. The van der Waals surface area contributed by atoms with Gasteiger partial charge in [0.25, 0.3) is 5.91 Å². The number of aromatic nitrogens is 1. The lowest BCUT2D eigenvalue weighted by molar-refractivity contribution is -0.128. The molecule has 1 aliphatic carbocycles. The second-order valence-corrected chi connectivity index (χ2v) is 11.2. The van der Waals surface area contributed by atoms with E-state index in [1.807, 2.05) is 50.2 Å². The lowest BCUT2D eigenvalue weighted by Gasteiger charge is -2.21. The number of carbonyl (C=O) groups excluding carboxylic acids is 4. The summed E-state index contributed by atoms with van der Waals surface area (Å²) < 4.78 is 10.8. The summed E-state index contributed by atoms with van der Waals surface area (Å²) in [5, 5.41) is 5.55. The minimum absolute atomic E-state index is 0.00325. The molecule has 2 N–H and O–H groups in total. The van der Waals surface area contributed by atoms with Gasteiger partial charge in [-0.05, 0) is 37.1 Å². The quantitative estimate of drug-likeness (QED) is 0.329. The second kappa shape index (κ2) is 22.0. The van der Waals surface area contributed by atoms with Gasteiger partial charge in [-0.3, -0.25) is 24.2 Å². The summed E-state index contributed by atoms with van der Waals surface area (Å²) in [4.78, 5) is 51.9. The van der Waals surface area contributed by atoms with Crippen molar-refractivity contribution in [2.45, 2.75) is 52.4 Å². The SMILES string of the molecule is CC(C)C(=O)C1CCCCC1.CN1CC(C(=O)NCCOCCOCCNC(=O)c2ccccc2)CC1=O.c1ccncc1. The van der Waals surface area contributed by atoms with Gasteiger partial charge in [0.2, 0.25) is 11.8 Å². The van der Waals surface area contributed by atoms with Gasteiger partial charge in [0, 0.05) is 62.9 Å². The summed E-state index contributed by atoms with van der Waals surface area (Å²) in [6, 6.07) is 14.7. The van der Waals surface area contributed by atoms with Crippen LogP contribution in [-0.2, 0) is 23.9 Å². The van der Waals surface area contributed by atoms with E-state index in [0.717, 1.165) is 12.8 Å². The molecule has 242 valence electrons. The Hall–Kier alpha value is -3.63. The highest BCUT2D eigenvalue weighted by Crippen LogP contribution is 2.26. The number of Topliss-reactive ketones (excluding diaryl/α,β-unsaturated/α-hetero) is 1. The van der Waals surface area contributed by atoms with Crippen LogP contribution >= 0.6 is 0 Å². The van der Waals surface area contributed by atoms with E-state index in [9.17, 15) is 19.2 Å². The molecule has 1 unspecified atom stereocenters. The molecular weight excluding hydrogens is 560 g/mol. The molecule has 2 aliphatic rings. The number of hydrogen-bond donors (Lipinski definition) is 2. The zero-order chi connectivity index (χ0) is 32.0. The zero-order valence-corrected chi connectivity index (χ0v) is 26.5. The van der Waals surface area contributed by atoms with E-state index in [4.69, 9.17) is 9.47 Å². The highest BCUT2D eigenvalue weighted by Gasteiger charge is 2.31. The van der Waals surface area contributed by atoms with E-state index in [1.54, 1.807) is 36.5 Å². The molecule has 2 heterocycles. The van der Waals surface area contributed by atoms with Crippen molar-refractivity contribution in [3.05, 3.63) is 66.5 Å². The van der Waals surface area contributed by atoms with Crippen molar-refractivity contribution in [1.82, 2.24) is 20.5 Å². The zero-order valence-electron chi connectivity index (χ0n) is 26.5. The molecule has 1 aliphatic heterocycles. The fourth-order valence-corrected chi connectivity index (χ4v) is 4.85. The van der Waals surface area contributed by atoms with Crippen molar-refractivity contribution in [2.24, 2.45) is 17.8 Å². The molecule has 10 heteroatoms. The monoisotopic (exact) mass is 610 g/mol. The Bertz CT molecular complexity index is 1070. The maximum Gasteiger partial charge on any atom is 0.251 e. The van der Waals surface area contributed by atoms with Gasteiger partial charge in [0.1, 0.15) is 5.78 Å². The van der Waals surface area contributed by atoms with Crippen molar-refractivity contribution in [2.75, 3.05) is 53.1 Å². The Labute approximate surface area is 262 Å². The minimum Gasteiger partial charge on any atom is -0.377 e. The molecule has 4 rings (SSSR count). The Morgan fingerprint density at radius 1 is 0.841 bits per heavy atom. The molecule has 1 saturated heterocycles. The van der Waals surface area contributed by atoms with Gasteiger partial charge in [0.15, 0.2) is 0 Å². The number of nitrogens with zero attached hydrogens (tertiary/aromatic N) is 2. The fraction of sp³-hybridized carbons (Fsp3) is 0.559. The van der Waals surface area contributed by atoms with Crippen LogP contribution in [0.3, 0.4) is 0 Å². The van der Waals surface area contributed by atoms with Crippen molar-refractivity contribution >= 4 is 23.5 Å². The van der Waals surface area contributed by atoms with Crippen LogP contribution in [0.15, 0.2) is 60.9 Å². The van der Waals surface area contributed by atoms with Crippen molar-refractivity contribution < 1.29 is 28.7 Å². The summed E-state index contributed by atoms with van der Waals surface area (Å²) in [5.74, 6) is 0.648. The van der Waals surface area contributed by atoms with Crippen LogP contribution in [0.1, 0.15) is 62.7 Å². The Kier molecular flexibility index (Phi) is 18.3. The maximum absolute atomic E-state index is 11.9. The van der Waals surface area contributed by atoms with E-state index in [2.05, 4.69) is 15.6 Å². The smallest absolute Gasteiger partial charge is 0.251 e. The third kappa shape index (κ3) is 15.2. The van der Waals surface area contributed by atoms with Gasteiger partial charge >= 0.3 is 0 Å². The van der Waals surface area contributed by atoms with E-state index >= 15 is 0 Å². The number of ketones is 1. The van der Waals surface area contributed by atoms with Crippen LogP contribution in [0.5, 0.6) is 0 Å². The molecule has 0 bridgehead atoms. The van der Waals surface area contributed by atoms with E-state index in [-0.39, 0.29) is 36.0 Å². The number of likely N-dealkylation sites (tertiary alicyclic amines) is 1. The van der Waals surface area contributed by atoms with Crippen LogP contribution < -0.4 is 10.6 Å². The topological polar surface area (TPSA) is 127 Å². The molecule has 2 fully saturated rings. The van der Waals surface area contributed by atoms with E-state index in [1.165, 1.54) is 19.3 Å². The second-order valence-electron chi connectivity index (χ2n) is 11.2. The molecule has 10 nitrogen and oxygen atoms in total. The summed E-state index contributed by atoms with van der Waals surface area (Å²) >= 11 is 0. The molecule has 3 amide bonds. The number of rotatable bonds is 13. The molecule has 1 atom stereocenters. The molecule has 0 radical (unpaired) electrons. The number of amides is 3. The van der Waals surface area contributed by atoms with Crippen molar-refractivity contribution in [3.63, 3.8) is 0 Å². The first-order chi connectivity index (χ1) is 21.3. The Morgan fingerprint density at radius 3 is 1.93 bits per heavy atom. The first kappa shape index (κ1) is 36.6. The Morgan fingerprint density at radius 2 is 1.43 bits per heavy atom. The average Bonchev–Trinajstić information content (AvgIpc) is 3.41. The highest BCUT2D eigenvalue weighted by molar-refractivity contribution is 5.94. The van der Waals surface area contributed by atoms with Gasteiger partial charge in [-0.2, -0.15) is 0 Å². The normalized spacial score (nSPS) is 16.3. The number of benzene rings is 1. The first-order valence-corrected chi connectivity index (χ1v) is 15.7. The standard InChI is InChI=1S/C19H27N3O5.C10H18O.C5H5N/c1-22-14-16(13-17(22)23)19(25)21-8-10-27-12-11-26-9-7-20-18(24)15-5-3-2-4-6-15;1-8(2)10(11)9-6-4-3-5-7-9;1-2-4-6-5-3-1/h2-6,16H,7-14H2,1H3,(H,20,24)(H,21,25);8-9H,3-7H2,1-2H3;1-5H. The number of nitrogens with one attached hydrogen (secondary N) is 2. The number of pyridine rings is 1. The predicted octanol–water partition coefficient (Wildman–Crippen LogP) is 3.92. The van der Waals surface area contributed by atoms with Gasteiger partial charge in [-0.25, -0.2) is 0 Å². The van der Waals surface area contributed by atoms with Gasteiger partial charge in [-0.1, -0.05) is 57.4 Å². The number of ether oxygens (including phenoxy) is 2. The highest BCUT2D eigenvalue weighted by atomic mass is 16.5. The summed E-state index contributed by atoms with van der Waals surface area (Å²) in [7, 11) is 1.70. The van der Waals surface area contributed by atoms with Crippen LogP contribution in [0.25, 0.3) is 0 Å². The molecule has 1 saturated carbocycles. The van der Waals surface area contributed by atoms with Crippen LogP contribution in [0, 0.1) is 17.8 Å². The molecular formula is C34H50N4O6. The van der Waals surface area contributed by atoms with Crippen molar-refractivity contribution in [1.29, 1.82) is 0 Å². The Balaban J connectivity index is 0.000000321. The van der Waals surface area contributed by atoms with E-state index in [0.29, 0.717) is 63.3 Å². The van der Waals surface area contributed by atoms with Crippen LogP contribution in [0.4, 0.5) is 0 Å². The molecule has 0 spiro atoms. The number of carbonyl (C=O) groups is 4. The minimum atomic E-state index is -0.267. The largest absolute Gasteiger partial charge is 0.377 e. The van der Waals surface area contributed by atoms with Gasteiger partial charge in [0.05, 0.1) is 32.3 Å². The molecule has 1 aromatic carbocycles. The first-order valence-electron chi connectivity index (χ1n) is 15.7. The average molecular weight is 611 g/mol. The molecule has 2 aromatic rings. The lowest BCUT2D eigenvalue weighted by Crippen LogP contribution is -2.34. The third-order valence-corrected chi connectivity index (χ3v) is 7.34. The van der Waals surface area contributed by atoms with Crippen LogP contribution in [0.2, 0.25) is 0 Å². The third-order valence-electron chi connectivity index (χ3n) is 7.34. The summed E-state index contributed by atoms with van der Waals surface area (Å²) in [5.41, 5.74) is 0.622. The van der Waals surface area contributed by atoms with Crippen molar-refractivity contribution in [3.8, 4) is 0 Å². The molecule has 44 heavy (non-hydrogen) atoms. The maximum atomic E-state index is 11.9. The number of hydrogen-bond acceptors (Lipinski definition) is 7. The fourth-order valence-electron chi connectivity index (χ4n) is 4.85.